The van der Waals surface area contributed by atoms with Gasteiger partial charge in [0.05, 0.1) is 11.2 Å². The average Bonchev–Trinajstić information content (AvgIpc) is 2.86. The first kappa shape index (κ1) is 14.8. The molecule has 0 saturated carbocycles. The lowest BCUT2D eigenvalue weighted by Gasteiger charge is -2.35. The van der Waals surface area contributed by atoms with E-state index in [1.54, 1.807) is 19.2 Å². The third-order valence-corrected chi connectivity index (χ3v) is 4.82. The van der Waals surface area contributed by atoms with E-state index in [0.29, 0.717) is 11.1 Å². The number of nitrogens with one attached hydrogen (secondary N) is 1. The zero-order valence-electron chi connectivity index (χ0n) is 13.3. The molecule has 0 aliphatic carbocycles. The zero-order chi connectivity index (χ0) is 16.1. The molecule has 1 aromatic heterocycles. The second-order valence-electron chi connectivity index (χ2n) is 5.83. The molecule has 0 radical (unpaired) electrons. The number of benzene rings is 1. The molecular formula is C17H20N2O3. The van der Waals surface area contributed by atoms with Crippen LogP contribution in [-0.4, -0.2) is 17.6 Å². The Hall–Kier alpha value is -2.14. The van der Waals surface area contributed by atoms with Crippen LogP contribution in [0, 0.1) is 5.92 Å². The van der Waals surface area contributed by atoms with Crippen LogP contribution in [0.25, 0.3) is 10.9 Å². The Morgan fingerprint density at radius 3 is 2.64 bits per heavy atom. The van der Waals surface area contributed by atoms with Gasteiger partial charge in [0, 0.05) is 25.5 Å². The normalized spacial score (nSPS) is 21.7. The van der Waals surface area contributed by atoms with Crippen molar-refractivity contribution in [1.82, 2.24) is 9.88 Å². The second kappa shape index (κ2) is 4.95. The van der Waals surface area contributed by atoms with Crippen LogP contribution in [0.5, 0.6) is 0 Å². The van der Waals surface area contributed by atoms with Gasteiger partial charge in [0.1, 0.15) is 5.56 Å². The highest BCUT2D eigenvalue weighted by molar-refractivity contribution is 6.02. The van der Waals surface area contributed by atoms with E-state index in [0.717, 1.165) is 11.9 Å². The van der Waals surface area contributed by atoms with E-state index in [4.69, 9.17) is 4.74 Å². The Labute approximate surface area is 128 Å². The Morgan fingerprint density at radius 2 is 2.00 bits per heavy atom. The van der Waals surface area contributed by atoms with E-state index in [-0.39, 0.29) is 22.8 Å². The van der Waals surface area contributed by atoms with Crippen LogP contribution in [0.4, 0.5) is 0 Å². The first-order valence-electron chi connectivity index (χ1n) is 7.47. The number of fused-ring (bicyclic) bond motifs is 2. The fourth-order valence-corrected chi connectivity index (χ4v) is 3.42. The van der Waals surface area contributed by atoms with Gasteiger partial charge in [-0.15, -0.1) is 0 Å². The maximum Gasteiger partial charge on any atom is 0.259 e. The first-order valence-corrected chi connectivity index (χ1v) is 7.47. The van der Waals surface area contributed by atoms with Crippen LogP contribution in [0.3, 0.4) is 0 Å². The number of nitrogens with zero attached hydrogens (tertiary/aromatic N) is 1. The summed E-state index contributed by atoms with van der Waals surface area (Å²) in [6.45, 7) is 4.05. The summed E-state index contributed by atoms with van der Waals surface area (Å²) in [5, 5.41) is 3.46. The summed E-state index contributed by atoms with van der Waals surface area (Å²) in [5.74, 6) is -0.321. The Bertz CT molecular complexity index is 824. The third kappa shape index (κ3) is 1.69. The molecule has 22 heavy (non-hydrogen) atoms. The fourth-order valence-electron chi connectivity index (χ4n) is 3.42. The van der Waals surface area contributed by atoms with E-state index in [1.165, 1.54) is 0 Å². The fraction of sp³-hybridized carbons (Fsp3) is 0.412. The minimum Gasteiger partial charge on any atom is -0.353 e. The monoisotopic (exact) mass is 300 g/mol. The lowest BCUT2D eigenvalue weighted by Crippen LogP contribution is -2.47. The van der Waals surface area contributed by atoms with Crippen molar-refractivity contribution in [3.05, 3.63) is 45.7 Å². The summed E-state index contributed by atoms with van der Waals surface area (Å²) in [6, 6.07) is 7.33. The van der Waals surface area contributed by atoms with E-state index < -0.39 is 5.72 Å². The number of hydrogen-bond acceptors (Lipinski definition) is 3. The second-order valence-corrected chi connectivity index (χ2v) is 5.83. The molecule has 1 aromatic carbocycles. The number of ether oxygens (including phenoxy) is 1. The highest BCUT2D eigenvalue weighted by Gasteiger charge is 2.50. The molecule has 0 fully saturated rings. The SMILES string of the molecule is CC[C@H](C)[C@@]1(OC)NC(=O)c2c1n(C)c1ccccc1c2=O. The van der Waals surface area contributed by atoms with Gasteiger partial charge in [-0.1, -0.05) is 26.0 Å². The van der Waals surface area contributed by atoms with Crippen molar-refractivity contribution in [2.45, 2.75) is 26.0 Å². The number of aryl methyl sites for hydroxylation is 1. The topological polar surface area (TPSA) is 60.3 Å². The highest BCUT2D eigenvalue weighted by atomic mass is 16.5. The maximum absolute atomic E-state index is 12.8. The number of amides is 1. The van der Waals surface area contributed by atoms with Crippen LogP contribution in [-0.2, 0) is 17.5 Å². The summed E-state index contributed by atoms with van der Waals surface area (Å²) in [7, 11) is 3.44. The van der Waals surface area contributed by atoms with Gasteiger partial charge in [-0.2, -0.15) is 0 Å². The molecule has 1 aliphatic heterocycles. The van der Waals surface area contributed by atoms with Gasteiger partial charge in [-0.05, 0) is 18.6 Å². The van der Waals surface area contributed by atoms with E-state index in [1.807, 2.05) is 37.6 Å². The third-order valence-electron chi connectivity index (χ3n) is 4.82. The van der Waals surface area contributed by atoms with Crippen molar-refractivity contribution in [3.63, 3.8) is 0 Å². The Morgan fingerprint density at radius 1 is 1.32 bits per heavy atom. The zero-order valence-corrected chi connectivity index (χ0v) is 13.3. The predicted molar refractivity (Wildman–Crippen MR) is 84.8 cm³/mol. The minimum atomic E-state index is -0.959. The molecule has 5 nitrogen and oxygen atoms in total. The van der Waals surface area contributed by atoms with Crippen molar-refractivity contribution >= 4 is 16.8 Å². The molecule has 0 unspecified atom stereocenters. The van der Waals surface area contributed by atoms with Crippen molar-refractivity contribution < 1.29 is 9.53 Å². The molecule has 3 rings (SSSR count). The number of rotatable bonds is 3. The molecule has 1 aliphatic rings. The summed E-state index contributed by atoms with van der Waals surface area (Å²) < 4.78 is 7.64. The number of aromatic nitrogens is 1. The number of carbonyl (C=O) groups is 1. The Kier molecular flexibility index (Phi) is 3.33. The van der Waals surface area contributed by atoms with Crippen LogP contribution >= 0.6 is 0 Å². The molecule has 0 spiro atoms. The van der Waals surface area contributed by atoms with Gasteiger partial charge < -0.3 is 14.6 Å². The molecule has 0 bridgehead atoms. The van der Waals surface area contributed by atoms with Gasteiger partial charge in [-0.3, -0.25) is 9.59 Å². The Balaban J connectivity index is 2.47. The molecular weight excluding hydrogens is 280 g/mol. The van der Waals surface area contributed by atoms with Crippen molar-refractivity contribution in [3.8, 4) is 0 Å². The maximum atomic E-state index is 12.8. The summed E-state index contributed by atoms with van der Waals surface area (Å²) >= 11 is 0. The van der Waals surface area contributed by atoms with Crippen LogP contribution < -0.4 is 10.7 Å². The molecule has 5 heteroatoms. The lowest BCUT2D eigenvalue weighted by molar-refractivity contribution is -0.0789. The van der Waals surface area contributed by atoms with Crippen molar-refractivity contribution in [2.24, 2.45) is 13.0 Å². The van der Waals surface area contributed by atoms with Crippen LogP contribution in [0.1, 0.15) is 36.3 Å². The molecule has 0 saturated heterocycles. The van der Waals surface area contributed by atoms with Gasteiger partial charge in [0.15, 0.2) is 5.72 Å². The van der Waals surface area contributed by atoms with Crippen LogP contribution in [0.2, 0.25) is 0 Å². The number of methoxy groups -OCH3 is 1. The molecule has 1 N–H and O–H groups in total. The standard InChI is InChI=1S/C17H20N2O3/c1-5-10(2)17(22-4)15-13(16(21)18-17)14(20)11-8-6-7-9-12(11)19(15)3/h6-10H,5H2,1-4H3,(H,18,21)/t10-,17-/m0/s1. The molecule has 2 heterocycles. The van der Waals surface area contributed by atoms with E-state index >= 15 is 0 Å². The quantitative estimate of drug-likeness (QED) is 0.944. The van der Waals surface area contributed by atoms with Crippen LogP contribution in [0.15, 0.2) is 29.1 Å². The first-order chi connectivity index (χ1) is 10.5. The lowest BCUT2D eigenvalue weighted by atomic mass is 9.91. The molecule has 1 amide bonds. The summed E-state index contributed by atoms with van der Waals surface area (Å²) in [6.07, 6.45) is 0.814. The smallest absolute Gasteiger partial charge is 0.259 e. The minimum absolute atomic E-state index is 0.0365. The number of para-hydroxylation sites is 1. The molecule has 2 aromatic rings. The van der Waals surface area contributed by atoms with Gasteiger partial charge in [0.2, 0.25) is 5.43 Å². The number of hydrogen-bond donors (Lipinski definition) is 1. The van der Waals surface area contributed by atoms with Gasteiger partial charge in [-0.25, -0.2) is 0 Å². The summed E-state index contributed by atoms with van der Waals surface area (Å²) in [5.41, 5.74) is 0.427. The number of pyridine rings is 1. The largest absolute Gasteiger partial charge is 0.353 e. The average molecular weight is 300 g/mol. The number of carbonyl (C=O) groups excluding carboxylic acids is 1. The van der Waals surface area contributed by atoms with E-state index in [9.17, 15) is 9.59 Å². The molecule has 2 atom stereocenters. The predicted octanol–water partition coefficient (Wildman–Crippen LogP) is 2.13. The summed E-state index contributed by atoms with van der Waals surface area (Å²) in [4.78, 5) is 25.2. The van der Waals surface area contributed by atoms with Crippen molar-refractivity contribution in [2.75, 3.05) is 7.11 Å². The molecule has 116 valence electrons. The van der Waals surface area contributed by atoms with Gasteiger partial charge in [0.25, 0.3) is 5.91 Å². The van der Waals surface area contributed by atoms with Gasteiger partial charge >= 0.3 is 0 Å². The highest BCUT2D eigenvalue weighted by Crippen LogP contribution is 2.39. The van der Waals surface area contributed by atoms with Crippen molar-refractivity contribution in [1.29, 1.82) is 0 Å². The van der Waals surface area contributed by atoms with E-state index in [2.05, 4.69) is 5.32 Å².